The summed E-state index contributed by atoms with van der Waals surface area (Å²) in [5, 5.41) is 19.8. The molecule has 1 aliphatic carbocycles. The monoisotopic (exact) mass is 387 g/mol. The largest absolute Gasteiger partial charge is 0.418 e. The highest BCUT2D eigenvalue weighted by Gasteiger charge is 2.35. The van der Waals surface area contributed by atoms with Crippen molar-refractivity contribution in [2.24, 2.45) is 0 Å². The number of nitro benzene ring substituents is 1. The molecular weight excluding hydrogens is 375 g/mol. The van der Waals surface area contributed by atoms with Gasteiger partial charge in [0.25, 0.3) is 5.69 Å². The summed E-state index contributed by atoms with van der Waals surface area (Å²) in [5.41, 5.74) is -2.53. The molecule has 0 radical (unpaired) electrons. The third-order valence-electron chi connectivity index (χ3n) is 3.57. The predicted molar refractivity (Wildman–Crippen MR) is 85.8 cm³/mol. The molecule has 1 fully saturated rings. The molecule has 2 aromatic rings. The molecule has 0 saturated heterocycles. The number of thioether (sulfide) groups is 1. The van der Waals surface area contributed by atoms with E-state index in [2.05, 4.69) is 20.5 Å². The number of nitrogens with zero attached hydrogens (tertiary/aromatic N) is 3. The molecule has 1 aliphatic rings. The highest BCUT2D eigenvalue weighted by atomic mass is 32.2. The van der Waals surface area contributed by atoms with Gasteiger partial charge in [0.05, 0.1) is 21.9 Å². The normalized spacial score (nSPS) is 14.3. The van der Waals surface area contributed by atoms with Crippen LogP contribution >= 0.6 is 11.8 Å². The van der Waals surface area contributed by atoms with Crippen LogP contribution in [0.3, 0.4) is 0 Å². The lowest BCUT2D eigenvalue weighted by Crippen LogP contribution is -2.18. The second-order valence-electron chi connectivity index (χ2n) is 5.60. The molecule has 0 aliphatic heterocycles. The number of nitro groups is 1. The van der Waals surface area contributed by atoms with E-state index in [4.69, 9.17) is 0 Å². The number of amides is 1. The number of alkyl halides is 3. The average Bonchev–Trinajstić information content (AvgIpc) is 3.30. The third kappa shape index (κ3) is 4.31. The van der Waals surface area contributed by atoms with Crippen molar-refractivity contribution < 1.29 is 22.9 Å². The van der Waals surface area contributed by atoms with E-state index in [1.807, 2.05) is 0 Å². The maximum Gasteiger partial charge on any atom is 0.418 e. The Labute approximate surface area is 148 Å². The van der Waals surface area contributed by atoms with Crippen LogP contribution in [-0.2, 0) is 11.0 Å². The topological polar surface area (TPSA) is 114 Å². The first-order valence-corrected chi connectivity index (χ1v) is 8.43. The fraction of sp³-hybridized carbons (Fsp3) is 0.357. The van der Waals surface area contributed by atoms with Crippen LogP contribution in [-0.4, -0.2) is 31.8 Å². The number of non-ortho nitro benzene ring substituents is 1. The Morgan fingerprint density at radius 3 is 2.77 bits per heavy atom. The Kier molecular flexibility index (Phi) is 4.85. The van der Waals surface area contributed by atoms with E-state index in [0.29, 0.717) is 17.1 Å². The van der Waals surface area contributed by atoms with Crippen molar-refractivity contribution in [3.8, 4) is 0 Å². The van der Waals surface area contributed by atoms with Crippen LogP contribution in [0.5, 0.6) is 0 Å². The van der Waals surface area contributed by atoms with Gasteiger partial charge in [-0.3, -0.25) is 20.0 Å². The van der Waals surface area contributed by atoms with E-state index in [1.165, 1.54) is 0 Å². The molecular formula is C14H12F3N5O3S. The van der Waals surface area contributed by atoms with Crippen LogP contribution in [0.25, 0.3) is 0 Å². The SMILES string of the molecule is O=C(CSc1n[nH]c(C2CC2)n1)Nc1ccc([N+](=O)[O-])cc1C(F)(F)F. The van der Waals surface area contributed by atoms with Gasteiger partial charge in [-0.15, -0.1) is 5.10 Å². The summed E-state index contributed by atoms with van der Waals surface area (Å²) >= 11 is 0.980. The Morgan fingerprint density at radius 2 is 2.15 bits per heavy atom. The molecule has 8 nitrogen and oxygen atoms in total. The summed E-state index contributed by atoms with van der Waals surface area (Å²) < 4.78 is 39.2. The molecule has 0 unspecified atom stereocenters. The van der Waals surface area contributed by atoms with Crippen molar-refractivity contribution in [1.82, 2.24) is 15.2 Å². The van der Waals surface area contributed by atoms with Crippen LogP contribution in [0, 0.1) is 10.1 Å². The van der Waals surface area contributed by atoms with Crippen molar-refractivity contribution in [2.45, 2.75) is 30.1 Å². The minimum atomic E-state index is -4.84. The van der Waals surface area contributed by atoms with Crippen LogP contribution in [0.15, 0.2) is 23.4 Å². The number of rotatable bonds is 6. The van der Waals surface area contributed by atoms with Crippen molar-refractivity contribution in [1.29, 1.82) is 0 Å². The van der Waals surface area contributed by atoms with E-state index in [-0.39, 0.29) is 5.75 Å². The number of aromatic amines is 1. The molecule has 0 atom stereocenters. The Balaban J connectivity index is 1.66. The number of hydrogen-bond acceptors (Lipinski definition) is 6. The quantitative estimate of drug-likeness (QED) is 0.446. The average molecular weight is 387 g/mol. The molecule has 1 amide bonds. The number of aromatic nitrogens is 3. The van der Waals surface area contributed by atoms with Gasteiger partial charge in [0.2, 0.25) is 11.1 Å². The molecule has 1 saturated carbocycles. The van der Waals surface area contributed by atoms with Crippen molar-refractivity contribution in [2.75, 3.05) is 11.1 Å². The number of anilines is 1. The molecule has 3 rings (SSSR count). The zero-order valence-electron chi connectivity index (χ0n) is 13.0. The molecule has 138 valence electrons. The maximum atomic E-state index is 13.1. The lowest BCUT2D eigenvalue weighted by Gasteiger charge is -2.13. The number of halogens is 3. The molecule has 2 N–H and O–H groups in total. The zero-order chi connectivity index (χ0) is 18.9. The van der Waals surface area contributed by atoms with Crippen LogP contribution in [0.1, 0.15) is 30.1 Å². The smallest absolute Gasteiger partial charge is 0.325 e. The summed E-state index contributed by atoms with van der Waals surface area (Å²) in [7, 11) is 0. The van der Waals surface area contributed by atoms with Gasteiger partial charge in [-0.1, -0.05) is 11.8 Å². The number of carbonyl (C=O) groups excluding carboxylic acids is 1. The molecule has 26 heavy (non-hydrogen) atoms. The summed E-state index contributed by atoms with van der Waals surface area (Å²) in [5.74, 6) is 0.200. The number of benzene rings is 1. The number of nitrogens with one attached hydrogen (secondary N) is 2. The first kappa shape index (κ1) is 18.2. The van der Waals surface area contributed by atoms with E-state index in [0.717, 1.165) is 42.6 Å². The minimum absolute atomic E-state index is 0.198. The maximum absolute atomic E-state index is 13.1. The van der Waals surface area contributed by atoms with E-state index in [1.54, 1.807) is 0 Å². The van der Waals surface area contributed by atoms with Crippen molar-refractivity contribution in [3.63, 3.8) is 0 Å². The Hall–Kier alpha value is -2.63. The minimum Gasteiger partial charge on any atom is -0.325 e. The fourth-order valence-corrected chi connectivity index (χ4v) is 2.77. The van der Waals surface area contributed by atoms with Crippen LogP contribution in [0.4, 0.5) is 24.5 Å². The molecule has 0 spiro atoms. The second-order valence-corrected chi connectivity index (χ2v) is 6.54. The van der Waals surface area contributed by atoms with Gasteiger partial charge in [0.15, 0.2) is 0 Å². The Bertz CT molecular complexity index is 851. The Morgan fingerprint density at radius 1 is 1.42 bits per heavy atom. The molecule has 1 aromatic heterocycles. The summed E-state index contributed by atoms with van der Waals surface area (Å²) in [6, 6.07) is 2.15. The highest BCUT2D eigenvalue weighted by Crippen LogP contribution is 2.39. The first-order chi connectivity index (χ1) is 12.2. The van der Waals surface area contributed by atoms with Gasteiger partial charge < -0.3 is 5.32 Å². The molecule has 1 aromatic carbocycles. The van der Waals surface area contributed by atoms with Gasteiger partial charge >= 0.3 is 6.18 Å². The third-order valence-corrected chi connectivity index (χ3v) is 4.42. The zero-order valence-corrected chi connectivity index (χ0v) is 13.9. The summed E-state index contributed by atoms with van der Waals surface area (Å²) in [6.07, 6.45) is -2.79. The highest BCUT2D eigenvalue weighted by molar-refractivity contribution is 7.99. The number of carbonyl (C=O) groups is 1. The predicted octanol–water partition coefficient (Wildman–Crippen LogP) is 3.34. The standard InChI is InChI=1S/C14H12F3N5O3S/c15-14(16,17)9-5-8(22(24)25)3-4-10(9)18-11(23)6-26-13-19-12(20-21-13)7-1-2-7/h3-5,7H,1-2,6H2,(H,18,23)(H,19,20,21). The molecule has 12 heteroatoms. The molecule has 0 bridgehead atoms. The summed E-state index contributed by atoms with van der Waals surface area (Å²) in [4.78, 5) is 25.9. The number of hydrogen-bond donors (Lipinski definition) is 2. The van der Waals surface area contributed by atoms with E-state index < -0.39 is 33.9 Å². The second kappa shape index (κ2) is 6.94. The van der Waals surface area contributed by atoms with Gasteiger partial charge in [-0.05, 0) is 18.9 Å². The summed E-state index contributed by atoms with van der Waals surface area (Å²) in [6.45, 7) is 0. The van der Waals surface area contributed by atoms with Gasteiger partial charge in [0, 0.05) is 18.1 Å². The van der Waals surface area contributed by atoms with Crippen LogP contribution < -0.4 is 5.32 Å². The van der Waals surface area contributed by atoms with E-state index >= 15 is 0 Å². The first-order valence-electron chi connectivity index (χ1n) is 7.44. The fourth-order valence-electron chi connectivity index (χ4n) is 2.17. The van der Waals surface area contributed by atoms with Crippen molar-refractivity contribution >= 4 is 29.0 Å². The lowest BCUT2D eigenvalue weighted by atomic mass is 10.1. The van der Waals surface area contributed by atoms with E-state index in [9.17, 15) is 28.1 Å². The van der Waals surface area contributed by atoms with Gasteiger partial charge in [-0.2, -0.15) is 13.2 Å². The van der Waals surface area contributed by atoms with Crippen molar-refractivity contribution in [3.05, 3.63) is 39.7 Å². The van der Waals surface area contributed by atoms with Gasteiger partial charge in [0.1, 0.15) is 5.82 Å². The number of H-pyrrole nitrogens is 1. The van der Waals surface area contributed by atoms with Gasteiger partial charge in [-0.25, -0.2) is 4.98 Å². The van der Waals surface area contributed by atoms with Crippen LogP contribution in [0.2, 0.25) is 0 Å². The lowest BCUT2D eigenvalue weighted by molar-refractivity contribution is -0.385. The molecule has 1 heterocycles.